The zero-order valence-electron chi connectivity index (χ0n) is 13.4. The first-order valence-corrected chi connectivity index (χ1v) is 8.00. The van der Waals surface area contributed by atoms with Crippen molar-refractivity contribution in [2.75, 3.05) is 31.6 Å². The van der Waals surface area contributed by atoms with Crippen molar-refractivity contribution in [3.05, 3.63) is 29.6 Å². The molecule has 0 aromatic heterocycles. The molecule has 1 aromatic rings. The summed E-state index contributed by atoms with van der Waals surface area (Å²) in [7, 11) is 0. The average molecular weight is 362 g/mol. The second kappa shape index (κ2) is 6.80. The first kappa shape index (κ1) is 17.9. The van der Waals surface area contributed by atoms with Crippen LogP contribution in [-0.2, 0) is 15.7 Å². The van der Waals surface area contributed by atoms with Crippen molar-refractivity contribution in [1.29, 1.82) is 0 Å². The third kappa shape index (κ3) is 3.87. The van der Waals surface area contributed by atoms with E-state index in [4.69, 9.17) is 9.47 Å². The molecule has 0 unspecified atom stereocenters. The van der Waals surface area contributed by atoms with Crippen LogP contribution in [-0.4, -0.2) is 43.0 Å². The van der Waals surface area contributed by atoms with E-state index in [9.17, 15) is 22.4 Å². The quantitative estimate of drug-likeness (QED) is 0.777. The lowest BCUT2D eigenvalue weighted by Crippen LogP contribution is -2.52. The summed E-state index contributed by atoms with van der Waals surface area (Å²) in [6.07, 6.45) is -3.07. The van der Waals surface area contributed by atoms with E-state index in [0.717, 1.165) is 18.6 Å². The summed E-state index contributed by atoms with van der Waals surface area (Å²) in [5, 5.41) is 2.21. The molecule has 9 heteroatoms. The van der Waals surface area contributed by atoms with Gasteiger partial charge in [0.05, 0.1) is 24.5 Å². The molecule has 5 nitrogen and oxygen atoms in total. The third-order valence-corrected chi connectivity index (χ3v) is 4.38. The zero-order chi connectivity index (χ0) is 18.1. The molecule has 0 saturated carbocycles. The Morgan fingerprint density at radius 2 is 1.80 bits per heavy atom. The lowest BCUT2D eigenvalue weighted by atomic mass is 10.0. The SMILES string of the molecule is O=C(Nc1cccc(C(F)(F)F)c1F)N1CCC2(CC1)OCCCO2. The minimum Gasteiger partial charge on any atom is -0.350 e. The maximum absolute atomic E-state index is 14.0. The summed E-state index contributed by atoms with van der Waals surface area (Å²) >= 11 is 0. The van der Waals surface area contributed by atoms with Crippen molar-refractivity contribution in [1.82, 2.24) is 4.90 Å². The second-order valence-corrected chi connectivity index (χ2v) is 6.04. The minimum atomic E-state index is -4.82. The monoisotopic (exact) mass is 362 g/mol. The molecule has 0 bridgehead atoms. The van der Waals surface area contributed by atoms with Crippen molar-refractivity contribution in [2.45, 2.75) is 31.2 Å². The molecule has 2 amide bonds. The Morgan fingerprint density at radius 3 is 2.40 bits per heavy atom. The number of carbonyl (C=O) groups is 1. The van der Waals surface area contributed by atoms with E-state index in [1.165, 1.54) is 4.90 Å². The van der Waals surface area contributed by atoms with Crippen LogP contribution in [0.5, 0.6) is 0 Å². The standard InChI is InChI=1S/C16H18F4N2O3/c17-13-11(16(18,19)20)3-1-4-12(13)21-14(23)22-7-5-15(6-8-22)24-9-2-10-25-15/h1,3-4H,2,5-10H2,(H,21,23). The number of amides is 2. The smallest absolute Gasteiger partial charge is 0.350 e. The van der Waals surface area contributed by atoms with Gasteiger partial charge in [0.25, 0.3) is 0 Å². The third-order valence-electron chi connectivity index (χ3n) is 4.38. The number of rotatable bonds is 1. The number of anilines is 1. The van der Waals surface area contributed by atoms with E-state index in [0.29, 0.717) is 45.2 Å². The van der Waals surface area contributed by atoms with Gasteiger partial charge in [-0.25, -0.2) is 9.18 Å². The molecule has 138 valence electrons. The highest BCUT2D eigenvalue weighted by Crippen LogP contribution is 2.34. The molecular weight excluding hydrogens is 344 g/mol. The second-order valence-electron chi connectivity index (χ2n) is 6.04. The Hall–Kier alpha value is -1.87. The Morgan fingerprint density at radius 1 is 1.16 bits per heavy atom. The number of nitrogens with zero attached hydrogens (tertiary/aromatic N) is 1. The van der Waals surface area contributed by atoms with Crippen LogP contribution >= 0.6 is 0 Å². The number of nitrogens with one attached hydrogen (secondary N) is 1. The maximum atomic E-state index is 14.0. The van der Waals surface area contributed by atoms with Gasteiger partial charge in [-0.05, 0) is 18.6 Å². The van der Waals surface area contributed by atoms with Crippen molar-refractivity contribution >= 4 is 11.7 Å². The Labute approximate surface area is 141 Å². The van der Waals surface area contributed by atoms with Crippen LogP contribution < -0.4 is 5.32 Å². The fourth-order valence-corrected chi connectivity index (χ4v) is 3.00. The molecule has 2 aliphatic rings. The Bertz CT molecular complexity index is 635. The molecule has 1 aromatic carbocycles. The summed E-state index contributed by atoms with van der Waals surface area (Å²) in [6, 6.07) is 2.13. The van der Waals surface area contributed by atoms with Crippen LogP contribution in [0, 0.1) is 5.82 Å². The summed E-state index contributed by atoms with van der Waals surface area (Å²) < 4.78 is 63.5. The van der Waals surface area contributed by atoms with Gasteiger partial charge in [-0.15, -0.1) is 0 Å². The van der Waals surface area contributed by atoms with E-state index in [1.54, 1.807) is 0 Å². The van der Waals surface area contributed by atoms with E-state index < -0.39 is 35.1 Å². The van der Waals surface area contributed by atoms with Crippen molar-refractivity contribution < 1.29 is 31.8 Å². The normalized spacial score (nSPS) is 20.6. The highest BCUT2D eigenvalue weighted by Gasteiger charge is 2.40. The molecule has 0 atom stereocenters. The topological polar surface area (TPSA) is 50.8 Å². The zero-order valence-corrected chi connectivity index (χ0v) is 13.4. The van der Waals surface area contributed by atoms with Crippen molar-refractivity contribution in [3.63, 3.8) is 0 Å². The van der Waals surface area contributed by atoms with Crippen LogP contribution in [0.2, 0.25) is 0 Å². The number of alkyl halides is 3. The number of likely N-dealkylation sites (tertiary alicyclic amines) is 1. The number of urea groups is 1. The van der Waals surface area contributed by atoms with Gasteiger partial charge >= 0.3 is 12.2 Å². The highest BCUT2D eigenvalue weighted by atomic mass is 19.4. The van der Waals surface area contributed by atoms with Gasteiger partial charge < -0.3 is 19.7 Å². The van der Waals surface area contributed by atoms with Gasteiger partial charge in [0.1, 0.15) is 0 Å². The van der Waals surface area contributed by atoms with E-state index in [-0.39, 0.29) is 0 Å². The van der Waals surface area contributed by atoms with E-state index >= 15 is 0 Å². The van der Waals surface area contributed by atoms with E-state index in [2.05, 4.69) is 5.32 Å². The van der Waals surface area contributed by atoms with Gasteiger partial charge in [-0.1, -0.05) is 6.07 Å². The lowest BCUT2D eigenvalue weighted by molar-refractivity contribution is -0.281. The largest absolute Gasteiger partial charge is 0.419 e. The Kier molecular flexibility index (Phi) is 4.88. The highest BCUT2D eigenvalue weighted by molar-refractivity contribution is 5.89. The lowest BCUT2D eigenvalue weighted by Gasteiger charge is -2.43. The number of carbonyl (C=O) groups excluding carboxylic acids is 1. The molecule has 3 rings (SSSR count). The Balaban J connectivity index is 1.64. The molecule has 0 aliphatic carbocycles. The predicted molar refractivity (Wildman–Crippen MR) is 80.5 cm³/mol. The molecule has 0 radical (unpaired) electrons. The number of hydrogen-bond acceptors (Lipinski definition) is 3. The summed E-state index contributed by atoms with van der Waals surface area (Å²) in [5.74, 6) is -2.17. The van der Waals surface area contributed by atoms with Crippen molar-refractivity contribution in [2.24, 2.45) is 0 Å². The number of hydrogen-bond donors (Lipinski definition) is 1. The molecule has 25 heavy (non-hydrogen) atoms. The molecule has 2 heterocycles. The van der Waals surface area contributed by atoms with Gasteiger partial charge in [0.15, 0.2) is 11.6 Å². The van der Waals surface area contributed by atoms with Crippen LogP contribution in [0.3, 0.4) is 0 Å². The first-order valence-electron chi connectivity index (χ1n) is 8.00. The molecule has 2 aliphatic heterocycles. The summed E-state index contributed by atoms with van der Waals surface area (Å²) in [4.78, 5) is 13.6. The average Bonchev–Trinajstić information content (AvgIpc) is 2.57. The molecule has 2 saturated heterocycles. The van der Waals surface area contributed by atoms with E-state index in [1.807, 2.05) is 0 Å². The summed E-state index contributed by atoms with van der Waals surface area (Å²) in [5.41, 5.74) is -1.91. The molecular formula is C16H18F4N2O3. The first-order chi connectivity index (χ1) is 11.8. The molecule has 1 spiro atoms. The predicted octanol–water partition coefficient (Wildman–Crippen LogP) is 3.61. The van der Waals surface area contributed by atoms with Gasteiger partial charge in [0.2, 0.25) is 0 Å². The van der Waals surface area contributed by atoms with Crippen LogP contribution in [0.4, 0.5) is 28.0 Å². The van der Waals surface area contributed by atoms with Gasteiger partial charge in [-0.2, -0.15) is 13.2 Å². The number of benzene rings is 1. The van der Waals surface area contributed by atoms with Gasteiger partial charge in [0, 0.05) is 25.9 Å². The number of piperidine rings is 1. The van der Waals surface area contributed by atoms with Crippen LogP contribution in [0.1, 0.15) is 24.8 Å². The van der Waals surface area contributed by atoms with Gasteiger partial charge in [-0.3, -0.25) is 0 Å². The van der Waals surface area contributed by atoms with Crippen molar-refractivity contribution in [3.8, 4) is 0 Å². The maximum Gasteiger partial charge on any atom is 0.419 e. The van der Waals surface area contributed by atoms with Crippen LogP contribution in [0.15, 0.2) is 18.2 Å². The summed E-state index contributed by atoms with van der Waals surface area (Å²) in [6.45, 7) is 1.82. The fourth-order valence-electron chi connectivity index (χ4n) is 3.00. The minimum absolute atomic E-state index is 0.312. The molecule has 2 fully saturated rings. The number of halogens is 4. The fraction of sp³-hybridized carbons (Fsp3) is 0.562. The number of ether oxygens (including phenoxy) is 2. The van der Waals surface area contributed by atoms with Crippen LogP contribution in [0.25, 0.3) is 0 Å². The molecule has 1 N–H and O–H groups in total.